The quantitative estimate of drug-likeness (QED) is 0.464. The van der Waals surface area contributed by atoms with Gasteiger partial charge in [0, 0.05) is 17.3 Å². The Hall–Kier alpha value is -2.38. The number of thiocarbonyl (C=S) groups is 1. The molecule has 1 amide bonds. The van der Waals surface area contributed by atoms with Gasteiger partial charge in [0.25, 0.3) is 5.91 Å². The van der Waals surface area contributed by atoms with Gasteiger partial charge in [0.15, 0.2) is 5.11 Å². The third-order valence-corrected chi connectivity index (χ3v) is 4.07. The van der Waals surface area contributed by atoms with Crippen LogP contribution in [0.25, 0.3) is 0 Å². The summed E-state index contributed by atoms with van der Waals surface area (Å²) in [5, 5.41) is 5.82. The first-order valence-electron chi connectivity index (χ1n) is 8.31. The monoisotopic (exact) mass is 448 g/mol. The zero-order chi connectivity index (χ0) is 19.8. The van der Waals surface area contributed by atoms with Crippen LogP contribution in [-0.2, 0) is 0 Å². The number of benzene rings is 2. The Bertz CT molecular complexity index is 840. The average Bonchev–Trinajstić information content (AvgIpc) is 2.61. The molecule has 0 fully saturated rings. The second-order valence-electron chi connectivity index (χ2n) is 5.85. The molecule has 0 aromatic heterocycles. The number of hydrogen-bond acceptors (Lipinski definition) is 4. The van der Waals surface area contributed by atoms with Crippen molar-refractivity contribution in [3.05, 3.63) is 65.2 Å². The van der Waals surface area contributed by atoms with Crippen LogP contribution in [0, 0.1) is 0 Å². The summed E-state index contributed by atoms with van der Waals surface area (Å²) in [5.74, 6) is 1.04. The fourth-order valence-electron chi connectivity index (χ4n) is 2.15. The van der Waals surface area contributed by atoms with E-state index in [-0.39, 0.29) is 17.1 Å². The maximum Gasteiger partial charge on any atom is 0.257 e. The molecule has 2 N–H and O–H groups in total. The van der Waals surface area contributed by atoms with Crippen molar-refractivity contribution >= 4 is 44.9 Å². The minimum absolute atomic E-state index is 0.0453. The van der Waals surface area contributed by atoms with Crippen molar-refractivity contribution in [1.82, 2.24) is 5.32 Å². The second kappa shape index (κ2) is 10.1. The number of carbonyl (C=O) groups is 1. The van der Waals surface area contributed by atoms with E-state index in [4.69, 9.17) is 21.7 Å². The Morgan fingerprint density at radius 1 is 1.30 bits per heavy atom. The lowest BCUT2D eigenvalue weighted by atomic mass is 10.2. The highest BCUT2D eigenvalue weighted by atomic mass is 79.9. The largest absolute Gasteiger partial charge is 0.490 e. The van der Waals surface area contributed by atoms with E-state index in [2.05, 4.69) is 33.1 Å². The van der Waals surface area contributed by atoms with Crippen LogP contribution in [0.3, 0.4) is 0 Å². The molecule has 2 aromatic rings. The van der Waals surface area contributed by atoms with Gasteiger partial charge in [-0.2, -0.15) is 0 Å². The molecule has 0 bridgehead atoms. The van der Waals surface area contributed by atoms with E-state index >= 15 is 0 Å². The summed E-state index contributed by atoms with van der Waals surface area (Å²) in [7, 11) is 0. The van der Waals surface area contributed by atoms with Crippen LogP contribution < -0.4 is 20.1 Å². The lowest BCUT2D eigenvalue weighted by Crippen LogP contribution is -2.34. The van der Waals surface area contributed by atoms with Gasteiger partial charge in [-0.15, -0.1) is 0 Å². The average molecular weight is 449 g/mol. The van der Waals surface area contributed by atoms with Gasteiger partial charge in [-0.25, -0.2) is 0 Å². The van der Waals surface area contributed by atoms with Crippen LogP contribution in [0.2, 0.25) is 0 Å². The standard InChI is InChI=1S/C20H21BrN2O3S/c1-4-10-25-16-7-5-6-15(12-16)22-20(27)23-19(24)14-8-9-18(17(21)11-14)26-13(2)3/h4-9,11-13H,1,10H2,2-3H3,(H2,22,23,24,27). The number of ether oxygens (including phenoxy) is 2. The van der Waals surface area contributed by atoms with Crippen molar-refractivity contribution in [3.8, 4) is 11.5 Å². The first-order valence-corrected chi connectivity index (χ1v) is 9.51. The zero-order valence-corrected chi connectivity index (χ0v) is 17.5. The molecule has 0 unspecified atom stereocenters. The van der Waals surface area contributed by atoms with Gasteiger partial charge in [-0.1, -0.05) is 18.7 Å². The van der Waals surface area contributed by atoms with E-state index in [9.17, 15) is 4.79 Å². The van der Waals surface area contributed by atoms with Crippen LogP contribution in [0.1, 0.15) is 24.2 Å². The van der Waals surface area contributed by atoms with Crippen molar-refractivity contribution < 1.29 is 14.3 Å². The van der Waals surface area contributed by atoms with Gasteiger partial charge in [-0.3, -0.25) is 10.1 Å². The smallest absolute Gasteiger partial charge is 0.257 e. The number of carbonyl (C=O) groups excluding carboxylic acids is 1. The van der Waals surface area contributed by atoms with Crippen molar-refractivity contribution in [2.75, 3.05) is 11.9 Å². The molecule has 0 aliphatic heterocycles. The number of halogens is 1. The summed E-state index contributed by atoms with van der Waals surface area (Å²) in [4.78, 5) is 12.4. The highest BCUT2D eigenvalue weighted by Gasteiger charge is 2.12. The summed E-state index contributed by atoms with van der Waals surface area (Å²) in [6.07, 6.45) is 1.71. The molecule has 27 heavy (non-hydrogen) atoms. The third kappa shape index (κ3) is 6.69. The van der Waals surface area contributed by atoms with Crippen LogP contribution in [0.15, 0.2) is 59.6 Å². The van der Waals surface area contributed by atoms with Gasteiger partial charge in [0.05, 0.1) is 10.6 Å². The molecule has 7 heteroatoms. The van der Waals surface area contributed by atoms with Gasteiger partial charge >= 0.3 is 0 Å². The van der Waals surface area contributed by atoms with Crippen LogP contribution in [-0.4, -0.2) is 23.7 Å². The molecular formula is C20H21BrN2O3S. The van der Waals surface area contributed by atoms with E-state index in [1.807, 2.05) is 32.0 Å². The first kappa shape index (κ1) is 20.9. The predicted octanol–water partition coefficient (Wildman–Crippen LogP) is 4.93. The van der Waals surface area contributed by atoms with E-state index in [0.717, 1.165) is 0 Å². The number of hydrogen-bond donors (Lipinski definition) is 2. The lowest BCUT2D eigenvalue weighted by molar-refractivity contribution is 0.0977. The van der Waals surface area contributed by atoms with E-state index in [1.54, 1.807) is 30.3 Å². The van der Waals surface area contributed by atoms with E-state index < -0.39 is 0 Å². The highest BCUT2D eigenvalue weighted by Crippen LogP contribution is 2.27. The number of nitrogens with one attached hydrogen (secondary N) is 2. The van der Waals surface area contributed by atoms with E-state index in [1.165, 1.54) is 0 Å². The molecule has 2 rings (SSSR count). The Kier molecular flexibility index (Phi) is 7.82. The van der Waals surface area contributed by atoms with Gasteiger partial charge < -0.3 is 14.8 Å². The fourth-order valence-corrected chi connectivity index (χ4v) is 2.83. The van der Waals surface area contributed by atoms with Crippen molar-refractivity contribution in [2.24, 2.45) is 0 Å². The maximum absolute atomic E-state index is 12.4. The molecular weight excluding hydrogens is 428 g/mol. The molecule has 0 aliphatic carbocycles. The number of amides is 1. The highest BCUT2D eigenvalue weighted by molar-refractivity contribution is 9.10. The zero-order valence-electron chi connectivity index (χ0n) is 15.1. The van der Waals surface area contributed by atoms with Gasteiger partial charge in [0.1, 0.15) is 18.1 Å². The van der Waals surface area contributed by atoms with E-state index in [0.29, 0.717) is 33.8 Å². The normalized spacial score (nSPS) is 10.2. The Morgan fingerprint density at radius 2 is 2.07 bits per heavy atom. The summed E-state index contributed by atoms with van der Waals surface area (Å²) < 4.78 is 11.8. The Balaban J connectivity index is 1.98. The molecule has 142 valence electrons. The van der Waals surface area contributed by atoms with Gasteiger partial charge in [0.2, 0.25) is 0 Å². The number of anilines is 1. The minimum Gasteiger partial charge on any atom is -0.490 e. The van der Waals surface area contributed by atoms with Crippen molar-refractivity contribution in [2.45, 2.75) is 20.0 Å². The molecule has 0 saturated carbocycles. The first-order chi connectivity index (χ1) is 12.9. The maximum atomic E-state index is 12.4. The van der Waals surface area contributed by atoms with Crippen LogP contribution in [0.4, 0.5) is 5.69 Å². The number of rotatable bonds is 7. The molecule has 0 heterocycles. The minimum atomic E-state index is -0.316. The SMILES string of the molecule is C=CCOc1cccc(NC(=S)NC(=O)c2ccc(OC(C)C)c(Br)c2)c1. The van der Waals surface area contributed by atoms with Crippen LogP contribution >= 0.6 is 28.1 Å². The summed E-state index contributed by atoms with van der Waals surface area (Å²) in [5.41, 5.74) is 1.17. The summed E-state index contributed by atoms with van der Waals surface area (Å²) in [6, 6.07) is 12.4. The molecule has 5 nitrogen and oxygen atoms in total. The topological polar surface area (TPSA) is 59.6 Å². The predicted molar refractivity (Wildman–Crippen MR) is 116 cm³/mol. The molecule has 0 radical (unpaired) electrons. The summed E-state index contributed by atoms with van der Waals surface area (Å²) in [6.45, 7) is 7.90. The molecule has 2 aromatic carbocycles. The Labute approximate surface area is 172 Å². The Morgan fingerprint density at radius 3 is 2.74 bits per heavy atom. The fraction of sp³-hybridized carbons (Fsp3) is 0.200. The van der Waals surface area contributed by atoms with Crippen molar-refractivity contribution in [3.63, 3.8) is 0 Å². The van der Waals surface area contributed by atoms with Crippen LogP contribution in [0.5, 0.6) is 11.5 Å². The van der Waals surface area contributed by atoms with Crippen molar-refractivity contribution in [1.29, 1.82) is 0 Å². The molecule has 0 spiro atoms. The molecule has 0 saturated heterocycles. The molecule has 0 aliphatic rings. The molecule has 0 atom stereocenters. The third-order valence-electron chi connectivity index (χ3n) is 3.24. The second-order valence-corrected chi connectivity index (χ2v) is 7.11. The lowest BCUT2D eigenvalue weighted by Gasteiger charge is -2.13. The summed E-state index contributed by atoms with van der Waals surface area (Å²) >= 11 is 8.64. The van der Waals surface area contributed by atoms with Gasteiger partial charge in [-0.05, 0) is 72.3 Å².